The zero-order chi connectivity index (χ0) is 31.6. The van der Waals surface area contributed by atoms with E-state index in [1.54, 1.807) is 31.2 Å². The van der Waals surface area contributed by atoms with Crippen LogP contribution in [0.3, 0.4) is 0 Å². The SMILES string of the molecule is CC1=C(C(CCCCCCC[P+](c2ccccc2)(c2ccccc2)c2ccccc2)CCC(=O)O)C(=O)c2ccccc2C1=O. The number of rotatable bonds is 15. The lowest BCUT2D eigenvalue weighted by molar-refractivity contribution is -0.137. The quantitative estimate of drug-likeness (QED) is 0.108. The van der Waals surface area contributed by atoms with Crippen molar-refractivity contribution in [2.45, 2.75) is 58.3 Å². The first-order valence-electron chi connectivity index (χ1n) is 16.1. The number of benzene rings is 4. The molecule has 4 aromatic carbocycles. The molecule has 4 aromatic rings. The smallest absolute Gasteiger partial charge is 0.303 e. The number of fused-ring (bicyclic) bond motifs is 1. The molecule has 0 aliphatic heterocycles. The molecule has 0 saturated heterocycles. The fourth-order valence-electron chi connectivity index (χ4n) is 6.89. The number of Topliss-reactive ketones (excluding diaryl/α,β-unsaturated/α-hetero) is 2. The van der Waals surface area contributed by atoms with E-state index in [0.29, 0.717) is 35.1 Å². The van der Waals surface area contributed by atoms with Crippen molar-refractivity contribution < 1.29 is 19.5 Å². The van der Waals surface area contributed by atoms with Crippen LogP contribution in [0.2, 0.25) is 0 Å². The fraction of sp³-hybridized carbons (Fsp3) is 0.275. The van der Waals surface area contributed by atoms with E-state index in [9.17, 15) is 19.5 Å². The molecular weight excluding hydrogens is 575 g/mol. The van der Waals surface area contributed by atoms with Crippen molar-refractivity contribution in [3.05, 3.63) is 138 Å². The summed E-state index contributed by atoms with van der Waals surface area (Å²) in [7, 11) is -1.84. The molecule has 1 atom stereocenters. The molecule has 0 spiro atoms. The van der Waals surface area contributed by atoms with Crippen LogP contribution >= 0.6 is 7.26 Å². The third-order valence-electron chi connectivity index (χ3n) is 9.16. The van der Waals surface area contributed by atoms with Crippen LogP contribution in [0.5, 0.6) is 0 Å². The van der Waals surface area contributed by atoms with Crippen molar-refractivity contribution in [1.82, 2.24) is 0 Å². The van der Waals surface area contributed by atoms with Gasteiger partial charge in [0.25, 0.3) is 0 Å². The van der Waals surface area contributed by atoms with Crippen LogP contribution in [0.15, 0.2) is 126 Å². The predicted octanol–water partition coefficient (Wildman–Crippen LogP) is 8.20. The van der Waals surface area contributed by atoms with E-state index in [2.05, 4.69) is 91.0 Å². The summed E-state index contributed by atoms with van der Waals surface area (Å²) >= 11 is 0. The second-order valence-electron chi connectivity index (χ2n) is 12.0. The zero-order valence-corrected chi connectivity index (χ0v) is 26.9. The lowest BCUT2D eigenvalue weighted by atomic mass is 9.76. The number of allylic oxidation sites excluding steroid dienone is 2. The van der Waals surface area contributed by atoms with Crippen LogP contribution in [-0.2, 0) is 4.79 Å². The molecule has 5 rings (SSSR count). The first-order valence-corrected chi connectivity index (χ1v) is 18.1. The first kappa shape index (κ1) is 32.3. The average molecular weight is 618 g/mol. The van der Waals surface area contributed by atoms with Crippen molar-refractivity contribution in [2.24, 2.45) is 5.92 Å². The summed E-state index contributed by atoms with van der Waals surface area (Å²) < 4.78 is 0. The summed E-state index contributed by atoms with van der Waals surface area (Å²) in [5.41, 5.74) is 1.87. The first-order chi connectivity index (χ1) is 21.9. The Labute approximate surface area is 267 Å². The molecular formula is C40H42O4P+. The van der Waals surface area contributed by atoms with Gasteiger partial charge in [0.15, 0.2) is 11.6 Å². The Bertz CT molecular complexity index is 1550. The summed E-state index contributed by atoms with van der Waals surface area (Å²) in [6.07, 6.45) is 7.30. The summed E-state index contributed by atoms with van der Waals surface area (Å²) in [5, 5.41) is 13.6. The number of carboxylic acids is 1. The van der Waals surface area contributed by atoms with Gasteiger partial charge in [0.05, 0.1) is 6.16 Å². The van der Waals surface area contributed by atoms with Gasteiger partial charge >= 0.3 is 5.97 Å². The van der Waals surface area contributed by atoms with Gasteiger partial charge in [-0.15, -0.1) is 0 Å². The topological polar surface area (TPSA) is 71.4 Å². The standard InChI is InChI=1S/C40H41O4P/c1-30-38(40(44)36-26-16-15-25-35(36)39(30)43)31(27-28-37(41)42)18-8-3-2-4-17-29-45(32-19-9-5-10-20-32,33-21-11-6-12-22-33)34-23-13-7-14-24-34/h5-7,9-16,19-26,31H,2-4,8,17-18,27-29H2,1H3/p+1. The van der Waals surface area contributed by atoms with Crippen LogP contribution in [0, 0.1) is 5.92 Å². The number of carbonyl (C=O) groups excluding carboxylic acids is 2. The van der Waals surface area contributed by atoms with E-state index in [4.69, 9.17) is 0 Å². The molecule has 0 radical (unpaired) electrons. The number of hydrogen-bond donors (Lipinski definition) is 1. The number of hydrogen-bond acceptors (Lipinski definition) is 3. The van der Waals surface area contributed by atoms with Crippen LogP contribution in [-0.4, -0.2) is 28.8 Å². The van der Waals surface area contributed by atoms with Gasteiger partial charge in [-0.3, -0.25) is 14.4 Å². The van der Waals surface area contributed by atoms with Gasteiger partial charge in [0.1, 0.15) is 23.2 Å². The maximum atomic E-state index is 13.5. The van der Waals surface area contributed by atoms with Crippen LogP contribution < -0.4 is 15.9 Å². The molecule has 5 heteroatoms. The lowest BCUT2D eigenvalue weighted by Crippen LogP contribution is -2.33. The average Bonchev–Trinajstić information content (AvgIpc) is 3.08. The van der Waals surface area contributed by atoms with Gasteiger partial charge in [-0.1, -0.05) is 98.1 Å². The molecule has 45 heavy (non-hydrogen) atoms. The van der Waals surface area contributed by atoms with E-state index >= 15 is 0 Å². The summed E-state index contributed by atoms with van der Waals surface area (Å²) in [6.45, 7) is 1.72. The Kier molecular flexibility index (Phi) is 10.9. The highest BCUT2D eigenvalue weighted by atomic mass is 31.2. The summed E-state index contributed by atoms with van der Waals surface area (Å²) in [4.78, 5) is 38.1. The molecule has 230 valence electrons. The predicted molar refractivity (Wildman–Crippen MR) is 186 cm³/mol. The highest BCUT2D eigenvalue weighted by Crippen LogP contribution is 2.56. The largest absolute Gasteiger partial charge is 0.481 e. The molecule has 1 aliphatic carbocycles. The van der Waals surface area contributed by atoms with Gasteiger partial charge in [0.2, 0.25) is 0 Å². The van der Waals surface area contributed by atoms with Crippen molar-refractivity contribution in [1.29, 1.82) is 0 Å². The summed E-state index contributed by atoms with van der Waals surface area (Å²) in [5.74, 6) is -1.36. The number of carbonyl (C=O) groups is 3. The second kappa shape index (κ2) is 15.2. The minimum absolute atomic E-state index is 0.0190. The maximum Gasteiger partial charge on any atom is 0.303 e. The minimum Gasteiger partial charge on any atom is -0.481 e. The lowest BCUT2D eigenvalue weighted by Gasteiger charge is -2.27. The van der Waals surface area contributed by atoms with E-state index in [1.807, 2.05) is 0 Å². The summed E-state index contributed by atoms with van der Waals surface area (Å²) in [6, 6.07) is 39.9. The van der Waals surface area contributed by atoms with Crippen molar-refractivity contribution in [3.8, 4) is 0 Å². The molecule has 0 amide bonds. The third-order valence-corrected chi connectivity index (χ3v) is 13.7. The molecule has 0 heterocycles. The Balaban J connectivity index is 1.25. The molecule has 0 bridgehead atoms. The normalized spacial score (nSPS) is 13.9. The van der Waals surface area contributed by atoms with E-state index in [0.717, 1.165) is 38.3 Å². The molecule has 0 fully saturated rings. The number of ketones is 2. The molecule has 0 aromatic heterocycles. The van der Waals surface area contributed by atoms with Crippen molar-refractivity contribution in [3.63, 3.8) is 0 Å². The Hall–Kier alpha value is -4.14. The van der Waals surface area contributed by atoms with E-state index in [-0.39, 0.29) is 23.9 Å². The van der Waals surface area contributed by atoms with Crippen LogP contribution in [0.25, 0.3) is 0 Å². The van der Waals surface area contributed by atoms with E-state index in [1.165, 1.54) is 15.9 Å². The molecule has 4 nitrogen and oxygen atoms in total. The van der Waals surface area contributed by atoms with Crippen LogP contribution in [0.4, 0.5) is 0 Å². The van der Waals surface area contributed by atoms with Gasteiger partial charge in [-0.25, -0.2) is 0 Å². The fourth-order valence-corrected chi connectivity index (χ4v) is 11.3. The van der Waals surface area contributed by atoms with Gasteiger partial charge in [-0.05, 0) is 74.9 Å². The molecule has 1 aliphatic rings. The number of unbranched alkanes of at least 4 members (excludes halogenated alkanes) is 4. The monoisotopic (exact) mass is 617 g/mol. The van der Waals surface area contributed by atoms with Gasteiger partial charge in [0, 0.05) is 28.7 Å². The Morgan fingerprint density at radius 2 is 1.04 bits per heavy atom. The highest BCUT2D eigenvalue weighted by molar-refractivity contribution is 7.95. The third kappa shape index (κ3) is 7.24. The Morgan fingerprint density at radius 3 is 1.56 bits per heavy atom. The van der Waals surface area contributed by atoms with Gasteiger partial charge in [-0.2, -0.15) is 0 Å². The molecule has 1 unspecified atom stereocenters. The number of aliphatic carboxylic acids is 1. The minimum atomic E-state index is -1.84. The zero-order valence-electron chi connectivity index (χ0n) is 26.0. The Morgan fingerprint density at radius 1 is 0.600 bits per heavy atom. The van der Waals surface area contributed by atoms with E-state index < -0.39 is 13.2 Å². The maximum absolute atomic E-state index is 13.5. The van der Waals surface area contributed by atoms with Crippen molar-refractivity contribution >= 4 is 40.7 Å². The highest BCUT2D eigenvalue weighted by Gasteiger charge is 2.44. The van der Waals surface area contributed by atoms with Gasteiger partial charge < -0.3 is 5.11 Å². The second-order valence-corrected chi connectivity index (χ2v) is 15.6. The van der Waals surface area contributed by atoms with Crippen LogP contribution in [0.1, 0.15) is 79.0 Å². The van der Waals surface area contributed by atoms with Crippen molar-refractivity contribution in [2.75, 3.05) is 6.16 Å². The molecule has 0 saturated carbocycles. The number of carboxylic acid groups (broad SMARTS) is 1. The molecule has 1 N–H and O–H groups in total.